The average molecular weight is 367 g/mol. The zero-order valence-electron chi connectivity index (χ0n) is 15.3. The van der Waals surface area contributed by atoms with Crippen LogP contribution in [0.25, 0.3) is 12.2 Å². The Balaban J connectivity index is 3.06. The number of benzene rings is 1. The predicted octanol–water partition coefficient (Wildman–Crippen LogP) is 6.85. The van der Waals surface area contributed by atoms with Gasteiger partial charge >= 0.3 is 0 Å². The molecule has 0 amide bonds. The summed E-state index contributed by atoms with van der Waals surface area (Å²) in [6.45, 7) is 14.4. The van der Waals surface area contributed by atoms with E-state index in [1.165, 1.54) is 11.1 Å². The molecule has 1 rings (SSSR count). The van der Waals surface area contributed by atoms with Gasteiger partial charge in [0.15, 0.2) is 0 Å². The molecule has 1 aromatic rings. The van der Waals surface area contributed by atoms with Crippen LogP contribution in [0, 0.1) is 0 Å². The highest BCUT2D eigenvalue weighted by atomic mass is 32.2. The SMILES string of the molecule is CSC(=Cc1ccc(C=C(SC)[Si](C)(C)C)cc1)[Si](C)(C)C. The Morgan fingerprint density at radius 2 is 0.955 bits per heavy atom. The largest absolute Gasteiger partial charge is 0.139 e. The summed E-state index contributed by atoms with van der Waals surface area (Å²) in [5.41, 5.74) is 2.64. The second-order valence-electron chi connectivity index (χ2n) is 7.59. The van der Waals surface area contributed by atoms with E-state index in [9.17, 15) is 0 Å². The van der Waals surface area contributed by atoms with Gasteiger partial charge in [0.1, 0.15) is 0 Å². The van der Waals surface area contributed by atoms with E-state index in [1.807, 2.05) is 23.5 Å². The second-order valence-corrected chi connectivity index (χ2v) is 20.1. The lowest BCUT2D eigenvalue weighted by molar-refractivity contribution is 1.61. The Kier molecular flexibility index (Phi) is 7.31. The molecular weight excluding hydrogens is 337 g/mol. The summed E-state index contributed by atoms with van der Waals surface area (Å²) in [6, 6.07) is 9.02. The highest BCUT2D eigenvalue weighted by Gasteiger charge is 2.19. The van der Waals surface area contributed by atoms with E-state index < -0.39 is 16.1 Å². The quantitative estimate of drug-likeness (QED) is 0.505. The van der Waals surface area contributed by atoms with Crippen molar-refractivity contribution in [2.24, 2.45) is 0 Å². The van der Waals surface area contributed by atoms with E-state index in [4.69, 9.17) is 0 Å². The molecule has 0 saturated heterocycles. The molecule has 0 atom stereocenters. The number of rotatable bonds is 6. The molecule has 0 radical (unpaired) electrons. The van der Waals surface area contributed by atoms with Crippen LogP contribution in [0.5, 0.6) is 0 Å². The van der Waals surface area contributed by atoms with Gasteiger partial charge in [-0.05, 0) is 44.8 Å². The zero-order valence-corrected chi connectivity index (χ0v) is 18.9. The summed E-state index contributed by atoms with van der Waals surface area (Å²) in [6.07, 6.45) is 9.14. The van der Waals surface area contributed by atoms with E-state index in [2.05, 4.69) is 88.2 Å². The molecule has 0 saturated carbocycles. The van der Waals surface area contributed by atoms with Crippen molar-refractivity contribution in [2.45, 2.75) is 39.3 Å². The lowest BCUT2D eigenvalue weighted by Crippen LogP contribution is -2.21. The first kappa shape index (κ1) is 19.9. The van der Waals surface area contributed by atoms with E-state index in [1.54, 1.807) is 9.06 Å². The van der Waals surface area contributed by atoms with Gasteiger partial charge in [-0.15, -0.1) is 23.5 Å². The van der Waals surface area contributed by atoms with Crippen LogP contribution in [0.4, 0.5) is 0 Å². The van der Waals surface area contributed by atoms with Crippen molar-refractivity contribution in [1.29, 1.82) is 0 Å². The summed E-state index contributed by atoms with van der Waals surface area (Å²) in [5.74, 6) is 0. The monoisotopic (exact) mass is 366 g/mol. The van der Waals surface area contributed by atoms with Crippen molar-refractivity contribution in [3.05, 3.63) is 44.4 Å². The van der Waals surface area contributed by atoms with Crippen molar-refractivity contribution in [3.8, 4) is 0 Å². The topological polar surface area (TPSA) is 0 Å². The molecule has 1 aromatic carbocycles. The average Bonchev–Trinajstić information content (AvgIpc) is 2.40. The van der Waals surface area contributed by atoms with Gasteiger partial charge in [-0.25, -0.2) is 0 Å². The van der Waals surface area contributed by atoms with Gasteiger partial charge in [-0.3, -0.25) is 0 Å². The van der Waals surface area contributed by atoms with E-state index in [0.29, 0.717) is 0 Å². The molecular formula is C18H30S2Si2. The molecule has 22 heavy (non-hydrogen) atoms. The summed E-state index contributed by atoms with van der Waals surface area (Å²) in [4.78, 5) is 0. The third-order valence-corrected chi connectivity index (χ3v) is 12.7. The molecule has 0 nitrogen and oxygen atoms in total. The van der Waals surface area contributed by atoms with Crippen LogP contribution in [0.2, 0.25) is 39.3 Å². The first-order valence-corrected chi connectivity index (χ1v) is 17.2. The lowest BCUT2D eigenvalue weighted by atomic mass is 10.1. The minimum atomic E-state index is -1.23. The van der Waals surface area contributed by atoms with Crippen molar-refractivity contribution in [3.63, 3.8) is 0 Å². The lowest BCUT2D eigenvalue weighted by Gasteiger charge is -2.19. The van der Waals surface area contributed by atoms with Gasteiger partial charge in [-0.2, -0.15) is 0 Å². The van der Waals surface area contributed by atoms with Crippen LogP contribution in [0.1, 0.15) is 11.1 Å². The molecule has 0 unspecified atom stereocenters. The standard InChI is InChI=1S/C18H30S2Si2/c1-19-17(21(3,4)5)13-15-9-11-16(12-10-15)14-18(20-2)22(6,7)8/h9-14H,1-8H3. The Labute approximate surface area is 147 Å². The predicted molar refractivity (Wildman–Crippen MR) is 116 cm³/mol. The molecule has 122 valence electrons. The van der Waals surface area contributed by atoms with Crippen molar-refractivity contribution in [1.82, 2.24) is 0 Å². The Morgan fingerprint density at radius 3 is 1.14 bits per heavy atom. The van der Waals surface area contributed by atoms with Crippen LogP contribution >= 0.6 is 23.5 Å². The van der Waals surface area contributed by atoms with Crippen molar-refractivity contribution >= 4 is 51.8 Å². The Hall–Kier alpha value is -0.166. The highest BCUT2D eigenvalue weighted by molar-refractivity contribution is 8.05. The summed E-state index contributed by atoms with van der Waals surface area (Å²) >= 11 is 3.81. The summed E-state index contributed by atoms with van der Waals surface area (Å²) in [7, 11) is -2.45. The van der Waals surface area contributed by atoms with Crippen LogP contribution in [-0.2, 0) is 0 Å². The van der Waals surface area contributed by atoms with Crippen LogP contribution < -0.4 is 0 Å². The van der Waals surface area contributed by atoms with Gasteiger partial charge in [0.25, 0.3) is 0 Å². The van der Waals surface area contributed by atoms with E-state index in [0.717, 1.165) is 0 Å². The van der Waals surface area contributed by atoms with Crippen molar-refractivity contribution in [2.75, 3.05) is 12.5 Å². The van der Waals surface area contributed by atoms with Crippen molar-refractivity contribution < 1.29 is 0 Å². The van der Waals surface area contributed by atoms with Crippen LogP contribution in [-0.4, -0.2) is 28.7 Å². The molecule has 0 aliphatic carbocycles. The van der Waals surface area contributed by atoms with E-state index >= 15 is 0 Å². The smallest absolute Gasteiger partial charge is 0.0857 e. The molecule has 0 N–H and O–H groups in total. The molecule has 0 fully saturated rings. The number of hydrogen-bond acceptors (Lipinski definition) is 2. The van der Waals surface area contributed by atoms with Crippen LogP contribution in [0.3, 0.4) is 0 Å². The molecule has 4 heteroatoms. The fourth-order valence-electron chi connectivity index (χ4n) is 2.15. The fourth-order valence-corrected chi connectivity index (χ4v) is 8.76. The third kappa shape index (κ3) is 6.15. The molecule has 0 spiro atoms. The highest BCUT2D eigenvalue weighted by Crippen LogP contribution is 2.29. The fraction of sp³-hybridized carbons (Fsp3) is 0.444. The van der Waals surface area contributed by atoms with Gasteiger partial charge < -0.3 is 0 Å². The van der Waals surface area contributed by atoms with Gasteiger partial charge in [0, 0.05) is 0 Å². The molecule has 0 aliphatic heterocycles. The maximum absolute atomic E-state index is 2.41. The zero-order chi connectivity index (χ0) is 17.0. The maximum Gasteiger partial charge on any atom is 0.0857 e. The molecule has 0 heterocycles. The molecule has 0 bridgehead atoms. The summed E-state index contributed by atoms with van der Waals surface area (Å²) < 4.78 is 3.12. The third-order valence-electron chi connectivity index (χ3n) is 3.45. The van der Waals surface area contributed by atoms with E-state index in [-0.39, 0.29) is 0 Å². The first-order valence-electron chi connectivity index (χ1n) is 7.70. The van der Waals surface area contributed by atoms with Gasteiger partial charge in [0.2, 0.25) is 0 Å². The number of thioether (sulfide) groups is 2. The summed E-state index contributed by atoms with van der Waals surface area (Å²) in [5, 5.41) is 0. The Morgan fingerprint density at radius 1 is 0.682 bits per heavy atom. The Bertz CT molecular complexity index is 493. The molecule has 0 aliphatic rings. The van der Waals surface area contributed by atoms with Gasteiger partial charge in [-0.1, -0.05) is 63.5 Å². The minimum Gasteiger partial charge on any atom is -0.139 e. The number of hydrogen-bond donors (Lipinski definition) is 0. The second kappa shape index (κ2) is 8.09. The normalized spacial score (nSPS) is 14.4. The first-order chi connectivity index (χ1) is 10.1. The maximum atomic E-state index is 2.41. The minimum absolute atomic E-state index is 1.23. The van der Waals surface area contributed by atoms with Gasteiger partial charge in [0.05, 0.1) is 16.1 Å². The van der Waals surface area contributed by atoms with Crippen LogP contribution in [0.15, 0.2) is 33.3 Å². The molecule has 0 aromatic heterocycles.